The van der Waals surface area contributed by atoms with Crippen LogP contribution >= 0.6 is 0 Å². The first kappa shape index (κ1) is 17.7. The molecule has 0 bridgehead atoms. The predicted octanol–water partition coefficient (Wildman–Crippen LogP) is 3.43. The van der Waals surface area contributed by atoms with Crippen LogP contribution < -0.4 is 4.74 Å². The Labute approximate surface area is 152 Å². The van der Waals surface area contributed by atoms with Crippen molar-refractivity contribution in [2.45, 2.75) is 20.4 Å². The van der Waals surface area contributed by atoms with E-state index in [2.05, 4.69) is 0 Å². The monoisotopic (exact) mass is 352 g/mol. The molecule has 2 aromatic rings. The Bertz CT molecular complexity index is 833. The molecule has 6 nitrogen and oxygen atoms in total. The van der Waals surface area contributed by atoms with E-state index < -0.39 is 17.8 Å². The quantitative estimate of drug-likeness (QED) is 0.590. The Morgan fingerprint density at radius 1 is 0.846 bits per heavy atom. The van der Waals surface area contributed by atoms with E-state index in [9.17, 15) is 14.4 Å². The number of rotatable bonds is 6. The highest BCUT2D eigenvalue weighted by Gasteiger charge is 2.44. The van der Waals surface area contributed by atoms with E-state index in [-0.39, 0.29) is 19.0 Å². The van der Waals surface area contributed by atoms with Gasteiger partial charge in [-0.1, -0.05) is 50.2 Å². The van der Waals surface area contributed by atoms with E-state index >= 15 is 0 Å². The van der Waals surface area contributed by atoms with Gasteiger partial charge < -0.3 is 4.74 Å². The minimum atomic E-state index is -0.801. The normalized spacial score (nSPS) is 14.5. The maximum absolute atomic E-state index is 12.5. The van der Waals surface area contributed by atoms with Crippen molar-refractivity contribution < 1.29 is 19.1 Å². The van der Waals surface area contributed by atoms with Crippen LogP contribution in [0.5, 0.6) is 11.5 Å². The van der Waals surface area contributed by atoms with Crippen LogP contribution in [0, 0.1) is 5.92 Å². The van der Waals surface area contributed by atoms with E-state index in [0.29, 0.717) is 17.1 Å². The Hall–Kier alpha value is -3.15. The number of para-hydroxylation sites is 2. The van der Waals surface area contributed by atoms with Crippen molar-refractivity contribution in [3.63, 3.8) is 0 Å². The van der Waals surface area contributed by atoms with Crippen molar-refractivity contribution >= 4 is 17.8 Å². The highest BCUT2D eigenvalue weighted by Crippen LogP contribution is 2.27. The summed E-state index contributed by atoms with van der Waals surface area (Å²) in [5.41, 5.74) is 0.650. The molecule has 0 radical (unpaired) electrons. The van der Waals surface area contributed by atoms with E-state index in [4.69, 9.17) is 4.74 Å². The van der Waals surface area contributed by atoms with Gasteiger partial charge in [0.15, 0.2) is 0 Å². The molecule has 0 unspecified atom stereocenters. The van der Waals surface area contributed by atoms with E-state index in [1.54, 1.807) is 18.2 Å². The SMILES string of the molecule is CC(C)CN1C(=O)C(=O)N(Cc2ccccc2Oc2ccccc2)C1=O. The molecule has 6 heteroatoms. The number of benzene rings is 2. The van der Waals surface area contributed by atoms with Gasteiger partial charge in [0.25, 0.3) is 0 Å². The molecular weight excluding hydrogens is 332 g/mol. The number of hydrogen-bond acceptors (Lipinski definition) is 4. The van der Waals surface area contributed by atoms with Gasteiger partial charge in [0.2, 0.25) is 0 Å². The fourth-order valence-electron chi connectivity index (χ4n) is 2.74. The zero-order chi connectivity index (χ0) is 18.7. The molecule has 1 aliphatic rings. The third-order valence-electron chi connectivity index (χ3n) is 3.95. The van der Waals surface area contributed by atoms with Gasteiger partial charge in [-0.05, 0) is 24.1 Å². The molecule has 1 aliphatic heterocycles. The van der Waals surface area contributed by atoms with Crippen molar-refractivity contribution in [3.8, 4) is 11.5 Å². The summed E-state index contributed by atoms with van der Waals surface area (Å²) in [6.07, 6.45) is 0. The first-order valence-corrected chi connectivity index (χ1v) is 8.45. The second-order valence-corrected chi connectivity index (χ2v) is 6.51. The van der Waals surface area contributed by atoms with Crippen LogP contribution in [0.1, 0.15) is 19.4 Å². The predicted molar refractivity (Wildman–Crippen MR) is 95.5 cm³/mol. The molecule has 1 fully saturated rings. The Balaban J connectivity index is 1.82. The molecule has 0 aromatic heterocycles. The molecular formula is C20H20N2O4. The van der Waals surface area contributed by atoms with Gasteiger partial charge in [0.1, 0.15) is 11.5 Å². The third kappa shape index (κ3) is 3.59. The van der Waals surface area contributed by atoms with Crippen molar-refractivity contribution in [1.29, 1.82) is 0 Å². The fourth-order valence-corrected chi connectivity index (χ4v) is 2.74. The first-order valence-electron chi connectivity index (χ1n) is 8.45. The minimum absolute atomic E-state index is 0.0129. The van der Waals surface area contributed by atoms with Crippen molar-refractivity contribution in [1.82, 2.24) is 9.80 Å². The van der Waals surface area contributed by atoms with Gasteiger partial charge in [-0.2, -0.15) is 0 Å². The maximum atomic E-state index is 12.5. The van der Waals surface area contributed by atoms with E-state index in [0.717, 1.165) is 9.80 Å². The Morgan fingerprint density at radius 2 is 1.46 bits per heavy atom. The molecule has 2 aromatic carbocycles. The molecule has 26 heavy (non-hydrogen) atoms. The van der Waals surface area contributed by atoms with Gasteiger partial charge in [-0.25, -0.2) is 4.79 Å². The van der Waals surface area contributed by atoms with Crippen LogP contribution in [0.3, 0.4) is 0 Å². The molecule has 4 amide bonds. The summed E-state index contributed by atoms with van der Waals surface area (Å²) in [5.74, 6) is -0.301. The topological polar surface area (TPSA) is 66.9 Å². The zero-order valence-electron chi connectivity index (χ0n) is 14.7. The van der Waals surface area contributed by atoms with Crippen molar-refractivity contribution in [2.75, 3.05) is 6.54 Å². The Kier molecular flexibility index (Phi) is 5.02. The van der Waals surface area contributed by atoms with Crippen molar-refractivity contribution in [2.24, 2.45) is 5.92 Å². The number of urea groups is 1. The summed E-state index contributed by atoms with van der Waals surface area (Å²) in [6.45, 7) is 3.98. The number of carbonyl (C=O) groups is 3. The number of hydrogen-bond donors (Lipinski definition) is 0. The molecule has 0 N–H and O–H groups in total. The van der Waals surface area contributed by atoms with Crippen LogP contribution in [0.4, 0.5) is 4.79 Å². The van der Waals surface area contributed by atoms with Gasteiger partial charge in [0.05, 0.1) is 6.54 Å². The molecule has 0 atom stereocenters. The molecule has 0 spiro atoms. The molecule has 1 saturated heterocycles. The average Bonchev–Trinajstić information content (AvgIpc) is 2.82. The molecule has 0 aliphatic carbocycles. The minimum Gasteiger partial charge on any atom is -0.457 e. The van der Waals surface area contributed by atoms with E-state index in [1.165, 1.54) is 0 Å². The van der Waals surface area contributed by atoms with Crippen LogP contribution in [-0.4, -0.2) is 34.2 Å². The van der Waals surface area contributed by atoms with Crippen LogP contribution in [0.25, 0.3) is 0 Å². The fraction of sp³-hybridized carbons (Fsp3) is 0.250. The number of ether oxygens (including phenoxy) is 1. The van der Waals surface area contributed by atoms with Gasteiger partial charge in [0, 0.05) is 12.1 Å². The van der Waals surface area contributed by atoms with Crippen molar-refractivity contribution in [3.05, 3.63) is 60.2 Å². The summed E-state index contributed by atoms with van der Waals surface area (Å²) < 4.78 is 5.86. The molecule has 3 rings (SSSR count). The summed E-state index contributed by atoms with van der Waals surface area (Å²) in [5, 5.41) is 0. The number of carbonyl (C=O) groups excluding carboxylic acids is 3. The number of imide groups is 2. The summed E-state index contributed by atoms with van der Waals surface area (Å²) in [4.78, 5) is 38.8. The lowest BCUT2D eigenvalue weighted by Gasteiger charge is -2.18. The maximum Gasteiger partial charge on any atom is 0.334 e. The summed E-state index contributed by atoms with van der Waals surface area (Å²) >= 11 is 0. The van der Waals surface area contributed by atoms with Crippen LogP contribution in [-0.2, 0) is 16.1 Å². The molecule has 134 valence electrons. The van der Waals surface area contributed by atoms with Gasteiger partial charge in [-0.3, -0.25) is 19.4 Å². The lowest BCUT2D eigenvalue weighted by molar-refractivity contribution is -0.143. The lowest BCUT2D eigenvalue weighted by Crippen LogP contribution is -2.35. The second kappa shape index (κ2) is 7.39. The Morgan fingerprint density at radius 3 is 2.15 bits per heavy atom. The smallest absolute Gasteiger partial charge is 0.334 e. The van der Waals surface area contributed by atoms with E-state index in [1.807, 2.05) is 50.2 Å². The van der Waals surface area contributed by atoms with Gasteiger partial charge in [-0.15, -0.1) is 0 Å². The standard InChI is InChI=1S/C20H20N2O4/c1-14(2)12-21-18(23)19(24)22(20(21)25)13-15-8-6-7-11-17(15)26-16-9-4-3-5-10-16/h3-11,14H,12-13H2,1-2H3. The number of amides is 4. The first-order chi connectivity index (χ1) is 12.5. The third-order valence-corrected chi connectivity index (χ3v) is 3.95. The summed E-state index contributed by atoms with van der Waals surface area (Å²) in [7, 11) is 0. The lowest BCUT2D eigenvalue weighted by atomic mass is 10.2. The number of nitrogens with zero attached hydrogens (tertiary/aromatic N) is 2. The average molecular weight is 352 g/mol. The molecule has 0 saturated carbocycles. The highest BCUT2D eigenvalue weighted by molar-refractivity contribution is 6.44. The largest absolute Gasteiger partial charge is 0.457 e. The van der Waals surface area contributed by atoms with Crippen LogP contribution in [0.2, 0.25) is 0 Å². The molecule has 1 heterocycles. The summed E-state index contributed by atoms with van der Waals surface area (Å²) in [6, 6.07) is 15.8. The zero-order valence-corrected chi connectivity index (χ0v) is 14.7. The highest BCUT2D eigenvalue weighted by atomic mass is 16.5. The van der Waals surface area contributed by atoms with Crippen LogP contribution in [0.15, 0.2) is 54.6 Å². The second-order valence-electron chi connectivity index (χ2n) is 6.51. The van der Waals surface area contributed by atoms with Gasteiger partial charge >= 0.3 is 17.8 Å².